The molecule has 0 radical (unpaired) electrons. The maximum absolute atomic E-state index is 4.55. The number of likely N-dealkylation sites (tertiary alicyclic amines) is 1. The largest absolute Gasteiger partial charge is 0.356 e. The number of rotatable bonds is 3. The highest BCUT2D eigenvalue weighted by Crippen LogP contribution is 2.48. The molecule has 1 spiro atoms. The topological polar surface area (TPSA) is 27.6 Å². The summed E-state index contributed by atoms with van der Waals surface area (Å²) in [6.07, 6.45) is 12.7. The summed E-state index contributed by atoms with van der Waals surface area (Å²) >= 11 is 0. The Labute approximate surface area is 124 Å². The average Bonchev–Trinajstić information content (AvgIpc) is 3.06. The lowest BCUT2D eigenvalue weighted by Gasteiger charge is -2.38. The van der Waals surface area contributed by atoms with Crippen molar-refractivity contribution in [2.45, 2.75) is 64.7 Å². The van der Waals surface area contributed by atoms with Crippen LogP contribution >= 0.6 is 0 Å². The van der Waals surface area contributed by atoms with Crippen molar-refractivity contribution in [1.29, 1.82) is 0 Å². The van der Waals surface area contributed by atoms with Gasteiger partial charge in [-0.25, -0.2) is 0 Å². The van der Waals surface area contributed by atoms with Gasteiger partial charge in [0, 0.05) is 26.7 Å². The second kappa shape index (κ2) is 5.57. The zero-order valence-electron chi connectivity index (χ0n) is 13.4. The standard InChI is InChI=1S/C17H31N3/c1-3-16(7-4-5-8-16)13-19-15(18-2)20-12-11-17(14-20)9-6-10-17/h3-14H2,1-2H3,(H,18,19). The zero-order chi connectivity index (χ0) is 14.1. The Hall–Kier alpha value is -0.730. The van der Waals surface area contributed by atoms with Gasteiger partial charge in [-0.3, -0.25) is 4.99 Å². The number of aliphatic imine (C=N–C) groups is 1. The van der Waals surface area contributed by atoms with Crippen molar-refractivity contribution in [1.82, 2.24) is 10.2 Å². The molecule has 3 aliphatic rings. The van der Waals surface area contributed by atoms with E-state index in [9.17, 15) is 0 Å². The van der Waals surface area contributed by atoms with Crippen LogP contribution in [0.2, 0.25) is 0 Å². The van der Waals surface area contributed by atoms with E-state index >= 15 is 0 Å². The van der Waals surface area contributed by atoms with Crippen LogP contribution in [-0.2, 0) is 0 Å². The predicted molar refractivity (Wildman–Crippen MR) is 85.0 cm³/mol. The van der Waals surface area contributed by atoms with Crippen LogP contribution in [0.15, 0.2) is 4.99 Å². The highest BCUT2D eigenvalue weighted by molar-refractivity contribution is 5.80. The molecule has 1 heterocycles. The molecule has 1 N–H and O–H groups in total. The zero-order valence-corrected chi connectivity index (χ0v) is 13.4. The molecule has 1 aliphatic heterocycles. The first-order valence-corrected chi connectivity index (χ1v) is 8.67. The molecule has 20 heavy (non-hydrogen) atoms. The second-order valence-corrected chi connectivity index (χ2v) is 7.49. The predicted octanol–water partition coefficient (Wildman–Crippen LogP) is 3.41. The van der Waals surface area contributed by atoms with Gasteiger partial charge in [0.15, 0.2) is 5.96 Å². The van der Waals surface area contributed by atoms with Crippen LogP contribution in [0.25, 0.3) is 0 Å². The molecule has 0 aromatic carbocycles. The fourth-order valence-electron chi connectivity index (χ4n) is 4.58. The third kappa shape index (κ3) is 2.56. The van der Waals surface area contributed by atoms with Crippen molar-refractivity contribution in [3.63, 3.8) is 0 Å². The van der Waals surface area contributed by atoms with Gasteiger partial charge in [0.25, 0.3) is 0 Å². The molecule has 0 unspecified atom stereocenters. The molecule has 2 saturated carbocycles. The molecule has 3 heteroatoms. The van der Waals surface area contributed by atoms with Gasteiger partial charge in [0.1, 0.15) is 0 Å². The lowest BCUT2D eigenvalue weighted by Crippen LogP contribution is -2.45. The maximum atomic E-state index is 4.55. The minimum Gasteiger partial charge on any atom is -0.356 e. The molecule has 0 bridgehead atoms. The van der Waals surface area contributed by atoms with E-state index in [1.165, 1.54) is 70.9 Å². The monoisotopic (exact) mass is 277 g/mol. The van der Waals surface area contributed by atoms with Crippen molar-refractivity contribution in [3.05, 3.63) is 0 Å². The summed E-state index contributed by atoms with van der Waals surface area (Å²) in [6, 6.07) is 0. The van der Waals surface area contributed by atoms with Gasteiger partial charge in [-0.05, 0) is 49.4 Å². The van der Waals surface area contributed by atoms with Crippen LogP contribution < -0.4 is 5.32 Å². The van der Waals surface area contributed by atoms with Crippen LogP contribution in [0.4, 0.5) is 0 Å². The van der Waals surface area contributed by atoms with Crippen molar-refractivity contribution < 1.29 is 0 Å². The van der Waals surface area contributed by atoms with Crippen LogP contribution in [0.3, 0.4) is 0 Å². The summed E-state index contributed by atoms with van der Waals surface area (Å²) in [5.74, 6) is 1.16. The van der Waals surface area contributed by atoms with E-state index in [0.29, 0.717) is 10.8 Å². The number of nitrogens with one attached hydrogen (secondary N) is 1. The van der Waals surface area contributed by atoms with Crippen LogP contribution in [0.1, 0.15) is 64.7 Å². The fourth-order valence-corrected chi connectivity index (χ4v) is 4.58. The van der Waals surface area contributed by atoms with E-state index in [2.05, 4.69) is 22.1 Å². The molecule has 2 aliphatic carbocycles. The first kappa shape index (κ1) is 14.2. The quantitative estimate of drug-likeness (QED) is 0.632. The third-order valence-electron chi connectivity index (χ3n) is 6.40. The van der Waals surface area contributed by atoms with Crippen LogP contribution in [-0.4, -0.2) is 37.5 Å². The van der Waals surface area contributed by atoms with Crippen LogP contribution in [0.5, 0.6) is 0 Å². The van der Waals surface area contributed by atoms with Gasteiger partial charge in [-0.15, -0.1) is 0 Å². The molecule has 3 fully saturated rings. The number of guanidine groups is 1. The Morgan fingerprint density at radius 3 is 2.35 bits per heavy atom. The summed E-state index contributed by atoms with van der Waals surface area (Å²) in [6.45, 7) is 5.93. The van der Waals surface area contributed by atoms with Crippen molar-refractivity contribution >= 4 is 5.96 Å². The van der Waals surface area contributed by atoms with Gasteiger partial charge in [-0.2, -0.15) is 0 Å². The maximum Gasteiger partial charge on any atom is 0.193 e. The molecule has 0 atom stereocenters. The smallest absolute Gasteiger partial charge is 0.193 e. The molecular weight excluding hydrogens is 246 g/mol. The summed E-state index contributed by atoms with van der Waals surface area (Å²) in [4.78, 5) is 7.06. The van der Waals surface area contributed by atoms with E-state index in [-0.39, 0.29) is 0 Å². The third-order valence-corrected chi connectivity index (χ3v) is 6.40. The average molecular weight is 277 g/mol. The molecular formula is C17H31N3. The second-order valence-electron chi connectivity index (χ2n) is 7.49. The van der Waals surface area contributed by atoms with Gasteiger partial charge >= 0.3 is 0 Å². The molecule has 0 aromatic rings. The Balaban J connectivity index is 1.55. The van der Waals surface area contributed by atoms with Crippen molar-refractivity contribution in [3.8, 4) is 0 Å². The molecule has 3 nitrogen and oxygen atoms in total. The molecule has 114 valence electrons. The first-order chi connectivity index (χ1) is 9.71. The molecule has 1 saturated heterocycles. The Kier molecular flexibility index (Phi) is 3.96. The van der Waals surface area contributed by atoms with E-state index in [1.807, 2.05) is 7.05 Å². The molecule has 0 amide bonds. The number of hydrogen-bond acceptors (Lipinski definition) is 1. The Bertz CT molecular complexity index is 364. The first-order valence-electron chi connectivity index (χ1n) is 8.67. The van der Waals surface area contributed by atoms with Gasteiger partial charge < -0.3 is 10.2 Å². The molecule has 0 aromatic heterocycles. The van der Waals surface area contributed by atoms with E-state index in [0.717, 1.165) is 12.5 Å². The van der Waals surface area contributed by atoms with Crippen molar-refractivity contribution in [2.75, 3.05) is 26.7 Å². The molecule has 3 rings (SSSR count). The highest BCUT2D eigenvalue weighted by Gasteiger charge is 2.43. The summed E-state index contributed by atoms with van der Waals surface area (Å²) in [5, 5.41) is 3.71. The van der Waals surface area contributed by atoms with E-state index < -0.39 is 0 Å². The fraction of sp³-hybridized carbons (Fsp3) is 0.941. The summed E-state index contributed by atoms with van der Waals surface area (Å²) in [5.41, 5.74) is 1.21. The lowest BCUT2D eigenvalue weighted by atomic mass is 9.68. The minimum absolute atomic E-state index is 0.545. The van der Waals surface area contributed by atoms with Crippen LogP contribution in [0, 0.1) is 10.8 Å². The minimum atomic E-state index is 0.545. The Morgan fingerprint density at radius 1 is 1.10 bits per heavy atom. The van der Waals surface area contributed by atoms with Crippen molar-refractivity contribution in [2.24, 2.45) is 15.8 Å². The van der Waals surface area contributed by atoms with Gasteiger partial charge in [0.2, 0.25) is 0 Å². The van der Waals surface area contributed by atoms with Gasteiger partial charge in [0.05, 0.1) is 0 Å². The summed E-state index contributed by atoms with van der Waals surface area (Å²) < 4.78 is 0. The normalized spacial score (nSPS) is 27.9. The summed E-state index contributed by atoms with van der Waals surface area (Å²) in [7, 11) is 1.95. The highest BCUT2D eigenvalue weighted by atomic mass is 15.3. The van der Waals surface area contributed by atoms with E-state index in [4.69, 9.17) is 0 Å². The van der Waals surface area contributed by atoms with Gasteiger partial charge in [-0.1, -0.05) is 26.2 Å². The van der Waals surface area contributed by atoms with E-state index in [1.54, 1.807) is 0 Å². The number of hydrogen-bond donors (Lipinski definition) is 1. The lowest BCUT2D eigenvalue weighted by molar-refractivity contribution is 0.151. The Morgan fingerprint density at radius 2 is 1.85 bits per heavy atom. The SMILES string of the molecule is CCC1(CNC(=NC)N2CCC3(CCC3)C2)CCCC1. The number of nitrogens with zero attached hydrogens (tertiary/aromatic N) is 2.